The van der Waals surface area contributed by atoms with Crippen molar-refractivity contribution in [2.24, 2.45) is 11.8 Å². The van der Waals surface area contributed by atoms with Gasteiger partial charge in [-0.25, -0.2) is 4.79 Å². The summed E-state index contributed by atoms with van der Waals surface area (Å²) in [7, 11) is 2.01. The van der Waals surface area contributed by atoms with Gasteiger partial charge >= 0.3 is 11.9 Å². The van der Waals surface area contributed by atoms with Crippen LogP contribution in [0.1, 0.15) is 35.7 Å². The first kappa shape index (κ1) is 18.3. The Morgan fingerprint density at radius 2 is 2.12 bits per heavy atom. The standard InChI is InChI=1S/C20H26N2O4/c1-4-17-15(11-25-19(17)23)9-16-10-22(12-21(16)3)13-26-20(24)18-8-6-5-7-14(18)2/h5-8,10,15,17H,4,9,11-13H2,1-3H3/t15-,17-/m0/s1. The Balaban J connectivity index is 1.56. The largest absolute Gasteiger partial charge is 0.465 e. The second-order valence-corrected chi connectivity index (χ2v) is 7.03. The number of ether oxygens (including phenoxy) is 2. The van der Waals surface area contributed by atoms with Gasteiger partial charge in [0.15, 0.2) is 6.73 Å². The monoisotopic (exact) mass is 358 g/mol. The van der Waals surface area contributed by atoms with Gasteiger partial charge in [0.25, 0.3) is 0 Å². The number of hydrogen-bond acceptors (Lipinski definition) is 6. The molecule has 6 heteroatoms. The molecule has 2 heterocycles. The predicted octanol–water partition coefficient (Wildman–Crippen LogP) is 2.74. The molecule has 0 bridgehead atoms. The maximum absolute atomic E-state index is 12.2. The van der Waals surface area contributed by atoms with Crippen molar-refractivity contribution >= 4 is 11.9 Å². The summed E-state index contributed by atoms with van der Waals surface area (Å²) in [6.07, 6.45) is 3.61. The summed E-state index contributed by atoms with van der Waals surface area (Å²) < 4.78 is 10.7. The Labute approximate surface area is 154 Å². The number of esters is 2. The quantitative estimate of drug-likeness (QED) is 0.729. The highest BCUT2D eigenvalue weighted by atomic mass is 16.5. The molecule has 3 rings (SSSR count). The van der Waals surface area contributed by atoms with Gasteiger partial charge < -0.3 is 19.3 Å². The maximum Gasteiger partial charge on any atom is 0.340 e. The van der Waals surface area contributed by atoms with Gasteiger partial charge in [-0.15, -0.1) is 0 Å². The van der Waals surface area contributed by atoms with E-state index >= 15 is 0 Å². The first-order valence-corrected chi connectivity index (χ1v) is 9.04. The summed E-state index contributed by atoms with van der Waals surface area (Å²) in [5.74, 6) is -0.191. The molecule has 0 spiro atoms. The summed E-state index contributed by atoms with van der Waals surface area (Å²) in [4.78, 5) is 28.1. The molecule has 1 aromatic rings. The first-order valence-electron chi connectivity index (χ1n) is 9.04. The van der Waals surface area contributed by atoms with Crippen LogP contribution in [0.2, 0.25) is 0 Å². The molecular weight excluding hydrogens is 332 g/mol. The number of aryl methyl sites for hydroxylation is 1. The summed E-state index contributed by atoms with van der Waals surface area (Å²) in [5.41, 5.74) is 2.64. The molecule has 1 aromatic carbocycles. The highest BCUT2D eigenvalue weighted by molar-refractivity contribution is 5.90. The third kappa shape index (κ3) is 3.84. The Morgan fingerprint density at radius 1 is 1.35 bits per heavy atom. The normalized spacial score (nSPS) is 22.4. The Hall–Kier alpha value is -2.50. The molecule has 2 atom stereocenters. The van der Waals surface area contributed by atoms with Crippen LogP contribution in [0.3, 0.4) is 0 Å². The first-order chi connectivity index (χ1) is 12.5. The lowest BCUT2D eigenvalue weighted by Gasteiger charge is -2.21. The lowest BCUT2D eigenvalue weighted by Crippen LogP contribution is -2.27. The van der Waals surface area contributed by atoms with Crippen LogP contribution in [0.4, 0.5) is 0 Å². The summed E-state index contributed by atoms with van der Waals surface area (Å²) >= 11 is 0. The van der Waals surface area contributed by atoms with E-state index < -0.39 is 0 Å². The van der Waals surface area contributed by atoms with E-state index in [2.05, 4.69) is 4.90 Å². The van der Waals surface area contributed by atoms with Crippen LogP contribution in [0, 0.1) is 18.8 Å². The van der Waals surface area contributed by atoms with Gasteiger partial charge in [-0.1, -0.05) is 25.1 Å². The van der Waals surface area contributed by atoms with E-state index in [1.165, 1.54) is 0 Å². The van der Waals surface area contributed by atoms with Gasteiger partial charge in [0.05, 0.1) is 24.8 Å². The van der Waals surface area contributed by atoms with Gasteiger partial charge in [0.2, 0.25) is 0 Å². The van der Waals surface area contributed by atoms with Crippen LogP contribution in [0.25, 0.3) is 0 Å². The minimum atomic E-state index is -0.312. The number of allylic oxidation sites excluding steroid dienone is 1. The van der Waals surface area contributed by atoms with Gasteiger partial charge in [-0.3, -0.25) is 4.79 Å². The fourth-order valence-electron chi connectivity index (χ4n) is 3.60. The fraction of sp³-hybridized carbons (Fsp3) is 0.500. The average Bonchev–Trinajstić information content (AvgIpc) is 3.15. The highest BCUT2D eigenvalue weighted by Crippen LogP contribution is 2.32. The smallest absolute Gasteiger partial charge is 0.340 e. The number of benzene rings is 1. The zero-order valence-corrected chi connectivity index (χ0v) is 15.6. The minimum Gasteiger partial charge on any atom is -0.465 e. The molecule has 0 radical (unpaired) electrons. The number of hydrogen-bond donors (Lipinski definition) is 0. The molecule has 6 nitrogen and oxygen atoms in total. The van der Waals surface area contributed by atoms with E-state index in [0.717, 1.165) is 24.1 Å². The molecule has 0 amide bonds. The van der Waals surface area contributed by atoms with Crippen molar-refractivity contribution in [2.75, 3.05) is 27.1 Å². The third-order valence-corrected chi connectivity index (χ3v) is 5.16. The molecule has 0 aliphatic carbocycles. The molecular formula is C20H26N2O4. The minimum absolute atomic E-state index is 0.0165. The Kier molecular flexibility index (Phi) is 5.49. The van der Waals surface area contributed by atoms with E-state index in [0.29, 0.717) is 18.8 Å². The lowest BCUT2D eigenvalue weighted by molar-refractivity contribution is -0.141. The van der Waals surface area contributed by atoms with Gasteiger partial charge in [-0.05, 0) is 31.4 Å². The van der Waals surface area contributed by atoms with Crippen LogP contribution in [0.15, 0.2) is 36.2 Å². The second-order valence-electron chi connectivity index (χ2n) is 7.03. The molecule has 0 aromatic heterocycles. The molecule has 2 aliphatic rings. The summed E-state index contributed by atoms with van der Waals surface area (Å²) in [5, 5.41) is 0. The van der Waals surface area contributed by atoms with Gasteiger partial charge in [-0.2, -0.15) is 0 Å². The Morgan fingerprint density at radius 3 is 2.85 bits per heavy atom. The maximum atomic E-state index is 12.2. The van der Waals surface area contributed by atoms with Crippen molar-refractivity contribution in [1.29, 1.82) is 0 Å². The molecule has 0 N–H and O–H groups in total. The topological polar surface area (TPSA) is 59.1 Å². The molecule has 140 valence electrons. The molecule has 2 aliphatic heterocycles. The lowest BCUT2D eigenvalue weighted by atomic mass is 9.89. The number of carbonyl (C=O) groups is 2. The van der Waals surface area contributed by atoms with Crippen LogP contribution >= 0.6 is 0 Å². The van der Waals surface area contributed by atoms with Crippen molar-refractivity contribution < 1.29 is 19.1 Å². The van der Waals surface area contributed by atoms with Crippen molar-refractivity contribution in [3.63, 3.8) is 0 Å². The van der Waals surface area contributed by atoms with Gasteiger partial charge in [0.1, 0.15) is 0 Å². The third-order valence-electron chi connectivity index (χ3n) is 5.16. The van der Waals surface area contributed by atoms with Crippen LogP contribution in [-0.2, 0) is 14.3 Å². The van der Waals surface area contributed by atoms with Gasteiger partial charge in [0, 0.05) is 24.9 Å². The van der Waals surface area contributed by atoms with Crippen molar-refractivity contribution in [3.05, 3.63) is 47.3 Å². The molecule has 26 heavy (non-hydrogen) atoms. The predicted molar refractivity (Wildman–Crippen MR) is 96.9 cm³/mol. The number of carbonyl (C=O) groups excluding carboxylic acids is 2. The van der Waals surface area contributed by atoms with Crippen LogP contribution in [0.5, 0.6) is 0 Å². The number of rotatable bonds is 6. The van der Waals surface area contributed by atoms with Crippen molar-refractivity contribution in [2.45, 2.75) is 26.7 Å². The van der Waals surface area contributed by atoms with E-state index in [-0.39, 0.29) is 30.5 Å². The van der Waals surface area contributed by atoms with E-state index in [1.807, 2.05) is 50.2 Å². The number of cyclic esters (lactones) is 1. The average molecular weight is 358 g/mol. The van der Waals surface area contributed by atoms with Crippen LogP contribution < -0.4 is 0 Å². The molecule has 1 saturated heterocycles. The van der Waals surface area contributed by atoms with E-state index in [4.69, 9.17) is 9.47 Å². The zero-order chi connectivity index (χ0) is 18.7. The SMILES string of the molecule is CC[C@@H]1C(=O)OC[C@@H]1CC1=CN(COC(=O)c2ccccc2C)CN1C. The fourth-order valence-corrected chi connectivity index (χ4v) is 3.60. The summed E-state index contributed by atoms with van der Waals surface area (Å²) in [6.45, 7) is 5.28. The molecule has 0 unspecified atom stereocenters. The molecule has 0 saturated carbocycles. The van der Waals surface area contributed by atoms with E-state index in [9.17, 15) is 9.59 Å². The van der Waals surface area contributed by atoms with Crippen molar-refractivity contribution in [3.8, 4) is 0 Å². The molecule has 1 fully saturated rings. The van der Waals surface area contributed by atoms with E-state index in [1.54, 1.807) is 6.07 Å². The van der Waals surface area contributed by atoms with Crippen molar-refractivity contribution in [1.82, 2.24) is 9.80 Å². The second kappa shape index (κ2) is 7.81. The number of nitrogens with zero attached hydrogens (tertiary/aromatic N) is 2. The van der Waals surface area contributed by atoms with Crippen LogP contribution in [-0.4, -0.2) is 48.8 Å². The highest BCUT2D eigenvalue weighted by Gasteiger charge is 2.37. The Bertz CT molecular complexity index is 716. The zero-order valence-electron chi connectivity index (χ0n) is 15.6. The summed E-state index contributed by atoms with van der Waals surface area (Å²) in [6, 6.07) is 7.41.